The molecule has 0 aliphatic carbocycles. The number of ether oxygens (including phenoxy) is 2. The Morgan fingerprint density at radius 3 is 2.56 bits per heavy atom. The Morgan fingerprint density at radius 1 is 1.22 bits per heavy atom. The van der Waals surface area contributed by atoms with Gasteiger partial charge in [-0.2, -0.15) is 5.26 Å². The van der Waals surface area contributed by atoms with Crippen molar-refractivity contribution in [2.24, 2.45) is 5.73 Å². The first-order chi connectivity index (χ1) is 13.0. The summed E-state index contributed by atoms with van der Waals surface area (Å²) in [6.07, 6.45) is 0. The highest BCUT2D eigenvalue weighted by molar-refractivity contribution is 5.92. The van der Waals surface area contributed by atoms with Gasteiger partial charge in [0.2, 0.25) is 5.88 Å². The molecule has 0 radical (unpaired) electrons. The molecule has 1 atom stereocenters. The number of benzene rings is 2. The van der Waals surface area contributed by atoms with Crippen LogP contribution >= 0.6 is 0 Å². The summed E-state index contributed by atoms with van der Waals surface area (Å²) >= 11 is 0. The maximum Gasteiger partial charge on any atom is 0.340 e. The van der Waals surface area contributed by atoms with Gasteiger partial charge in [-0.15, -0.1) is 0 Å². The fourth-order valence-electron chi connectivity index (χ4n) is 2.95. The van der Waals surface area contributed by atoms with Crippen LogP contribution in [0.1, 0.15) is 24.0 Å². The molecule has 0 saturated carbocycles. The van der Waals surface area contributed by atoms with Gasteiger partial charge >= 0.3 is 5.97 Å². The maximum atomic E-state index is 14.4. The first-order valence-electron chi connectivity index (χ1n) is 8.26. The highest BCUT2D eigenvalue weighted by Gasteiger charge is 2.37. The molecule has 1 aliphatic heterocycles. The molecule has 0 bridgehead atoms. The van der Waals surface area contributed by atoms with E-state index in [0.717, 1.165) is 5.56 Å². The Hall–Kier alpha value is -3.59. The van der Waals surface area contributed by atoms with E-state index in [4.69, 9.17) is 15.2 Å². The summed E-state index contributed by atoms with van der Waals surface area (Å²) in [5.41, 5.74) is 6.90. The Labute approximate surface area is 156 Å². The summed E-state index contributed by atoms with van der Waals surface area (Å²) in [6, 6.07) is 17.0. The minimum Gasteiger partial charge on any atom is -0.457 e. The normalized spacial score (nSPS) is 16.6. The first kappa shape index (κ1) is 18.2. The van der Waals surface area contributed by atoms with E-state index in [1.54, 1.807) is 13.0 Å². The van der Waals surface area contributed by atoms with E-state index < -0.39 is 17.7 Å². The van der Waals surface area contributed by atoms with E-state index in [9.17, 15) is 14.4 Å². The smallest absolute Gasteiger partial charge is 0.340 e. The summed E-state index contributed by atoms with van der Waals surface area (Å²) in [6.45, 7) is 1.57. The number of allylic oxidation sites excluding steroid dienone is 2. The van der Waals surface area contributed by atoms with Crippen molar-refractivity contribution in [2.75, 3.05) is 0 Å². The molecule has 0 unspecified atom stereocenters. The van der Waals surface area contributed by atoms with Crippen LogP contribution in [0.3, 0.4) is 0 Å². The van der Waals surface area contributed by atoms with Crippen LogP contribution in [0.4, 0.5) is 4.39 Å². The third-order valence-corrected chi connectivity index (χ3v) is 4.25. The number of hydrogen-bond donors (Lipinski definition) is 1. The summed E-state index contributed by atoms with van der Waals surface area (Å²) in [5, 5.41) is 9.55. The number of nitrogens with two attached hydrogens (primary N) is 1. The number of carbonyl (C=O) groups is 1. The maximum absolute atomic E-state index is 14.4. The Bertz CT molecular complexity index is 974. The van der Waals surface area contributed by atoms with Crippen LogP contribution in [0.5, 0.6) is 0 Å². The third kappa shape index (κ3) is 3.67. The van der Waals surface area contributed by atoms with Gasteiger partial charge in [0.1, 0.15) is 23.8 Å². The van der Waals surface area contributed by atoms with Crippen molar-refractivity contribution in [1.29, 1.82) is 5.26 Å². The lowest BCUT2D eigenvalue weighted by molar-refractivity contribution is -0.140. The summed E-state index contributed by atoms with van der Waals surface area (Å²) < 4.78 is 25.1. The SMILES string of the molecule is CC1=C(C#N)[C@@H](c2ccccc2F)C(C(=O)OCc2ccccc2)=C(N)O1. The van der Waals surface area contributed by atoms with Gasteiger partial charge in [-0.3, -0.25) is 0 Å². The average molecular weight is 364 g/mol. The fourth-order valence-corrected chi connectivity index (χ4v) is 2.95. The zero-order chi connectivity index (χ0) is 19.4. The fraction of sp³-hybridized carbons (Fsp3) is 0.143. The van der Waals surface area contributed by atoms with Crippen molar-refractivity contribution in [2.45, 2.75) is 19.4 Å². The molecular formula is C21H17FN2O3. The zero-order valence-electron chi connectivity index (χ0n) is 14.6. The molecular weight excluding hydrogens is 347 g/mol. The second-order valence-electron chi connectivity index (χ2n) is 5.98. The van der Waals surface area contributed by atoms with Crippen LogP contribution in [-0.4, -0.2) is 5.97 Å². The molecule has 0 fully saturated rings. The van der Waals surface area contributed by atoms with E-state index >= 15 is 0 Å². The second-order valence-corrected chi connectivity index (χ2v) is 5.98. The summed E-state index contributed by atoms with van der Waals surface area (Å²) in [5.74, 6) is -2.27. The number of nitriles is 1. The summed E-state index contributed by atoms with van der Waals surface area (Å²) in [7, 11) is 0. The van der Waals surface area contributed by atoms with Crippen molar-refractivity contribution in [1.82, 2.24) is 0 Å². The van der Waals surface area contributed by atoms with E-state index in [1.807, 2.05) is 36.4 Å². The van der Waals surface area contributed by atoms with Gasteiger partial charge in [0, 0.05) is 5.56 Å². The predicted octanol–water partition coefficient (Wildman–Crippen LogP) is 3.65. The monoisotopic (exact) mass is 364 g/mol. The van der Waals surface area contributed by atoms with E-state index in [2.05, 4.69) is 0 Å². The van der Waals surface area contributed by atoms with Crippen molar-refractivity contribution < 1.29 is 18.7 Å². The first-order valence-corrected chi connectivity index (χ1v) is 8.26. The highest BCUT2D eigenvalue weighted by atomic mass is 19.1. The number of carbonyl (C=O) groups excluding carboxylic acids is 1. The topological polar surface area (TPSA) is 85.3 Å². The van der Waals surface area contributed by atoms with Crippen LogP contribution in [-0.2, 0) is 20.9 Å². The van der Waals surface area contributed by atoms with Gasteiger partial charge in [-0.25, -0.2) is 9.18 Å². The predicted molar refractivity (Wildman–Crippen MR) is 96.0 cm³/mol. The van der Waals surface area contributed by atoms with Gasteiger partial charge < -0.3 is 15.2 Å². The highest BCUT2D eigenvalue weighted by Crippen LogP contribution is 2.40. The molecule has 0 saturated heterocycles. The molecule has 0 spiro atoms. The number of rotatable bonds is 4. The van der Waals surface area contributed by atoms with Gasteiger partial charge in [-0.05, 0) is 18.6 Å². The molecule has 5 nitrogen and oxygen atoms in total. The standard InChI is InChI=1S/C21H17FN2O3/c1-13-16(11-23)18(15-9-5-6-10-17(15)22)19(20(24)27-13)21(25)26-12-14-7-3-2-4-8-14/h2-10,18H,12,24H2,1H3/t18-/m1/s1. The van der Waals surface area contributed by atoms with E-state index in [-0.39, 0.29) is 35.0 Å². The Morgan fingerprint density at radius 2 is 1.89 bits per heavy atom. The van der Waals surface area contributed by atoms with Crippen molar-refractivity contribution in [3.63, 3.8) is 0 Å². The molecule has 2 N–H and O–H groups in total. The Balaban J connectivity index is 1.98. The molecule has 0 amide bonds. The van der Waals surface area contributed by atoms with Crippen molar-refractivity contribution >= 4 is 5.97 Å². The third-order valence-electron chi connectivity index (χ3n) is 4.25. The van der Waals surface area contributed by atoms with Crippen molar-refractivity contribution in [3.05, 3.63) is 94.3 Å². The molecule has 1 aliphatic rings. The van der Waals surface area contributed by atoms with Crippen LogP contribution in [0, 0.1) is 17.1 Å². The van der Waals surface area contributed by atoms with Gasteiger partial charge in [0.15, 0.2) is 0 Å². The van der Waals surface area contributed by atoms with Gasteiger partial charge in [0.25, 0.3) is 0 Å². The minimum absolute atomic E-state index is 0.0189. The second kappa shape index (κ2) is 7.75. The molecule has 1 heterocycles. The van der Waals surface area contributed by atoms with Gasteiger partial charge in [0.05, 0.1) is 17.6 Å². The molecule has 2 aromatic rings. The van der Waals surface area contributed by atoms with Crippen molar-refractivity contribution in [3.8, 4) is 6.07 Å². The molecule has 2 aromatic carbocycles. The number of nitrogens with zero attached hydrogens (tertiary/aromatic N) is 1. The van der Waals surface area contributed by atoms with E-state index in [1.165, 1.54) is 18.2 Å². The molecule has 6 heteroatoms. The van der Waals surface area contributed by atoms with Crippen LogP contribution in [0.25, 0.3) is 0 Å². The summed E-state index contributed by atoms with van der Waals surface area (Å²) in [4.78, 5) is 12.8. The van der Waals surface area contributed by atoms with E-state index in [0.29, 0.717) is 0 Å². The largest absolute Gasteiger partial charge is 0.457 e. The zero-order valence-corrected chi connectivity index (χ0v) is 14.6. The van der Waals surface area contributed by atoms with Crippen LogP contribution in [0.15, 0.2) is 77.4 Å². The quantitative estimate of drug-likeness (QED) is 0.837. The number of halogens is 1. The Kier molecular flexibility index (Phi) is 5.23. The lowest BCUT2D eigenvalue weighted by Gasteiger charge is -2.27. The molecule has 0 aromatic heterocycles. The average Bonchev–Trinajstić information content (AvgIpc) is 2.67. The number of hydrogen-bond acceptors (Lipinski definition) is 5. The minimum atomic E-state index is -0.992. The number of esters is 1. The van der Waals surface area contributed by atoms with Crippen LogP contribution in [0.2, 0.25) is 0 Å². The van der Waals surface area contributed by atoms with Crippen LogP contribution < -0.4 is 5.73 Å². The lowest BCUT2D eigenvalue weighted by Crippen LogP contribution is -2.26. The molecule has 3 rings (SSSR count). The lowest BCUT2D eigenvalue weighted by atomic mass is 9.83. The molecule has 27 heavy (non-hydrogen) atoms. The molecule has 136 valence electrons. The van der Waals surface area contributed by atoms with Gasteiger partial charge in [-0.1, -0.05) is 48.5 Å².